The third-order valence-corrected chi connectivity index (χ3v) is 3.86. The van der Waals surface area contributed by atoms with Crippen molar-refractivity contribution in [3.8, 4) is 0 Å². The minimum atomic E-state index is 0.562. The maximum absolute atomic E-state index is 5.93. The molecule has 1 nitrogen and oxygen atoms in total. The molecular weight excluding hydrogens is 266 g/mol. The van der Waals surface area contributed by atoms with E-state index in [1.165, 1.54) is 11.1 Å². The van der Waals surface area contributed by atoms with Crippen molar-refractivity contribution < 1.29 is 0 Å². The molecule has 0 aromatic heterocycles. The Labute approximate surface area is 127 Å². The van der Waals surface area contributed by atoms with Crippen LogP contribution in [0.4, 0.5) is 0 Å². The fourth-order valence-electron chi connectivity index (χ4n) is 2.42. The first kappa shape index (κ1) is 15.1. The van der Waals surface area contributed by atoms with E-state index in [2.05, 4.69) is 54.7 Å². The molecule has 0 saturated carbocycles. The van der Waals surface area contributed by atoms with Gasteiger partial charge in [0.15, 0.2) is 0 Å². The van der Waals surface area contributed by atoms with E-state index in [9.17, 15) is 0 Å². The van der Waals surface area contributed by atoms with Gasteiger partial charge in [0.25, 0.3) is 0 Å². The van der Waals surface area contributed by atoms with Gasteiger partial charge in [-0.3, -0.25) is 0 Å². The lowest BCUT2D eigenvalue weighted by Crippen LogP contribution is -2.21. The van der Waals surface area contributed by atoms with Crippen LogP contribution in [0.3, 0.4) is 0 Å². The molecule has 0 amide bonds. The summed E-state index contributed by atoms with van der Waals surface area (Å²) in [4.78, 5) is 0. The molecule has 0 bridgehead atoms. The van der Waals surface area contributed by atoms with Crippen molar-refractivity contribution in [3.63, 3.8) is 0 Å². The van der Waals surface area contributed by atoms with E-state index in [4.69, 9.17) is 11.6 Å². The zero-order chi connectivity index (χ0) is 14.2. The topological polar surface area (TPSA) is 12.0 Å². The van der Waals surface area contributed by atoms with Gasteiger partial charge in [0, 0.05) is 11.6 Å². The number of likely N-dealkylation sites (N-methyl/N-ethyl adjacent to an activating group) is 1. The van der Waals surface area contributed by atoms with E-state index in [1.807, 2.05) is 12.1 Å². The van der Waals surface area contributed by atoms with Gasteiger partial charge in [-0.05, 0) is 48.6 Å². The zero-order valence-electron chi connectivity index (χ0n) is 12.0. The van der Waals surface area contributed by atoms with Gasteiger partial charge >= 0.3 is 0 Å². The third-order valence-electron chi connectivity index (χ3n) is 3.61. The molecule has 2 aromatic carbocycles. The molecule has 0 radical (unpaired) electrons. The maximum atomic E-state index is 5.93. The smallest absolute Gasteiger partial charge is 0.0406 e. The number of benzene rings is 2. The van der Waals surface area contributed by atoms with Gasteiger partial charge in [-0.15, -0.1) is 0 Å². The molecule has 0 fully saturated rings. The van der Waals surface area contributed by atoms with Crippen LogP contribution in [0.2, 0.25) is 5.02 Å². The van der Waals surface area contributed by atoms with E-state index >= 15 is 0 Å². The van der Waals surface area contributed by atoms with Crippen molar-refractivity contribution in [1.29, 1.82) is 0 Å². The average molecular weight is 288 g/mol. The van der Waals surface area contributed by atoms with Gasteiger partial charge in [-0.1, -0.05) is 61.0 Å². The molecule has 2 aromatic rings. The van der Waals surface area contributed by atoms with Crippen LogP contribution in [0.1, 0.15) is 30.4 Å². The summed E-state index contributed by atoms with van der Waals surface area (Å²) >= 11 is 5.93. The number of hydrogen-bond acceptors (Lipinski definition) is 1. The molecule has 2 rings (SSSR count). The normalized spacial score (nSPS) is 12.3. The molecule has 1 unspecified atom stereocenters. The van der Waals surface area contributed by atoms with E-state index in [-0.39, 0.29) is 0 Å². The summed E-state index contributed by atoms with van der Waals surface area (Å²) < 4.78 is 0. The molecule has 20 heavy (non-hydrogen) atoms. The van der Waals surface area contributed by atoms with Crippen molar-refractivity contribution in [2.75, 3.05) is 13.1 Å². The highest BCUT2D eigenvalue weighted by Gasteiger charge is 2.10. The molecule has 1 N–H and O–H groups in total. The lowest BCUT2D eigenvalue weighted by Gasteiger charge is -2.18. The van der Waals surface area contributed by atoms with Gasteiger partial charge in [0.1, 0.15) is 0 Å². The maximum Gasteiger partial charge on any atom is 0.0406 e. The molecule has 0 spiro atoms. The zero-order valence-corrected chi connectivity index (χ0v) is 12.7. The summed E-state index contributed by atoms with van der Waals surface area (Å²) in [5.41, 5.74) is 2.77. The first-order valence-electron chi connectivity index (χ1n) is 7.29. The largest absolute Gasteiger partial charge is 0.316 e. The fraction of sp³-hybridized carbons (Fsp3) is 0.333. The summed E-state index contributed by atoms with van der Waals surface area (Å²) in [6.45, 7) is 4.21. The molecule has 0 saturated heterocycles. The van der Waals surface area contributed by atoms with Gasteiger partial charge in [0.05, 0.1) is 0 Å². The third kappa shape index (κ3) is 4.66. The van der Waals surface area contributed by atoms with Crippen LogP contribution in [0.25, 0.3) is 0 Å². The van der Waals surface area contributed by atoms with E-state index in [0.717, 1.165) is 31.0 Å². The van der Waals surface area contributed by atoms with E-state index < -0.39 is 0 Å². The Morgan fingerprint density at radius 2 is 1.70 bits per heavy atom. The predicted octanol–water partition coefficient (Wildman–Crippen LogP) is 4.67. The Bertz CT molecular complexity index is 493. The first-order valence-corrected chi connectivity index (χ1v) is 7.67. The van der Waals surface area contributed by atoms with Crippen LogP contribution in [-0.4, -0.2) is 13.1 Å². The highest BCUT2D eigenvalue weighted by molar-refractivity contribution is 6.30. The summed E-state index contributed by atoms with van der Waals surface area (Å²) in [6.07, 6.45) is 2.24. The Morgan fingerprint density at radius 1 is 1.00 bits per heavy atom. The van der Waals surface area contributed by atoms with Crippen LogP contribution in [0.5, 0.6) is 0 Å². The summed E-state index contributed by atoms with van der Waals surface area (Å²) in [5, 5.41) is 4.28. The molecule has 106 valence electrons. The quantitative estimate of drug-likeness (QED) is 0.780. The highest BCUT2D eigenvalue weighted by Crippen LogP contribution is 2.21. The van der Waals surface area contributed by atoms with Gasteiger partial charge in [-0.25, -0.2) is 0 Å². The second-order valence-corrected chi connectivity index (χ2v) is 5.52. The number of hydrogen-bond donors (Lipinski definition) is 1. The molecule has 0 aliphatic carbocycles. The Morgan fingerprint density at radius 3 is 2.35 bits per heavy atom. The van der Waals surface area contributed by atoms with Crippen molar-refractivity contribution in [2.45, 2.75) is 25.7 Å². The van der Waals surface area contributed by atoms with Crippen LogP contribution >= 0.6 is 11.6 Å². The van der Waals surface area contributed by atoms with E-state index in [1.54, 1.807) is 0 Å². The van der Waals surface area contributed by atoms with Gasteiger partial charge < -0.3 is 5.32 Å². The highest BCUT2D eigenvalue weighted by atomic mass is 35.5. The molecule has 1 atom stereocenters. The lowest BCUT2D eigenvalue weighted by atomic mass is 9.92. The second kappa shape index (κ2) is 8.08. The monoisotopic (exact) mass is 287 g/mol. The number of rotatable bonds is 7. The van der Waals surface area contributed by atoms with Gasteiger partial charge in [-0.2, -0.15) is 0 Å². The lowest BCUT2D eigenvalue weighted by molar-refractivity contribution is 0.562. The average Bonchev–Trinajstić information content (AvgIpc) is 2.50. The Hall–Kier alpha value is -1.31. The summed E-state index contributed by atoms with van der Waals surface area (Å²) in [6, 6.07) is 19.0. The molecule has 2 heteroatoms. The molecular formula is C18H22ClN. The SMILES string of the molecule is CCNCC(CCc1ccc(Cl)cc1)c1ccccc1. The molecule has 0 aliphatic rings. The minimum Gasteiger partial charge on any atom is -0.316 e. The first-order chi connectivity index (χ1) is 9.79. The fourth-order valence-corrected chi connectivity index (χ4v) is 2.55. The van der Waals surface area contributed by atoms with E-state index in [0.29, 0.717) is 5.92 Å². The summed E-state index contributed by atoms with van der Waals surface area (Å²) in [5.74, 6) is 0.562. The van der Waals surface area contributed by atoms with Crippen LogP contribution in [0.15, 0.2) is 54.6 Å². The van der Waals surface area contributed by atoms with Crippen molar-refractivity contribution in [2.24, 2.45) is 0 Å². The molecule has 0 aliphatic heterocycles. The minimum absolute atomic E-state index is 0.562. The van der Waals surface area contributed by atoms with Crippen molar-refractivity contribution in [1.82, 2.24) is 5.32 Å². The van der Waals surface area contributed by atoms with Gasteiger partial charge in [0.2, 0.25) is 0 Å². The standard InChI is InChI=1S/C18H22ClN/c1-2-20-14-17(16-6-4-3-5-7-16)11-8-15-9-12-18(19)13-10-15/h3-7,9-10,12-13,17,20H,2,8,11,14H2,1H3. The molecule has 0 heterocycles. The number of halogens is 1. The van der Waals surface area contributed by atoms with Crippen molar-refractivity contribution in [3.05, 3.63) is 70.7 Å². The summed E-state index contributed by atoms with van der Waals surface area (Å²) in [7, 11) is 0. The van der Waals surface area contributed by atoms with Crippen LogP contribution < -0.4 is 5.32 Å². The van der Waals surface area contributed by atoms with Crippen LogP contribution in [-0.2, 0) is 6.42 Å². The number of aryl methyl sites for hydroxylation is 1. The Balaban J connectivity index is 1.99. The second-order valence-electron chi connectivity index (χ2n) is 5.08. The predicted molar refractivity (Wildman–Crippen MR) is 87.5 cm³/mol. The van der Waals surface area contributed by atoms with Crippen LogP contribution in [0, 0.1) is 0 Å². The van der Waals surface area contributed by atoms with Crippen molar-refractivity contribution >= 4 is 11.6 Å². The number of nitrogens with one attached hydrogen (secondary N) is 1. The Kier molecular flexibility index (Phi) is 6.10.